The molecule has 0 saturated carbocycles. The average molecular weight is 203 g/mol. The molecular formula is C9H17NO2S. The number of hydrogen-bond donors (Lipinski definition) is 0. The van der Waals surface area contributed by atoms with Gasteiger partial charge in [-0.2, -0.15) is 0 Å². The van der Waals surface area contributed by atoms with E-state index in [1.165, 1.54) is 0 Å². The first-order chi connectivity index (χ1) is 6.04. The molecule has 76 valence electrons. The van der Waals surface area contributed by atoms with Gasteiger partial charge in [0.2, 0.25) is 0 Å². The van der Waals surface area contributed by atoms with Crippen molar-refractivity contribution in [3.8, 4) is 0 Å². The van der Waals surface area contributed by atoms with Crippen LogP contribution >= 0.6 is 0 Å². The molecule has 1 atom stereocenters. The van der Waals surface area contributed by atoms with Gasteiger partial charge in [0.05, 0.1) is 11.5 Å². The Labute approximate surface area is 80.0 Å². The molecule has 0 aromatic rings. The predicted octanol–water partition coefficient (Wildman–Crippen LogP) is 0.659. The lowest BCUT2D eigenvalue weighted by Crippen LogP contribution is -2.50. The summed E-state index contributed by atoms with van der Waals surface area (Å²) >= 11 is 0. The van der Waals surface area contributed by atoms with Gasteiger partial charge >= 0.3 is 0 Å². The molecule has 2 saturated heterocycles. The lowest BCUT2D eigenvalue weighted by molar-refractivity contribution is 0.178. The molecule has 1 spiro atoms. The van der Waals surface area contributed by atoms with Crippen LogP contribution in [-0.4, -0.2) is 44.0 Å². The van der Waals surface area contributed by atoms with Gasteiger partial charge in [-0.15, -0.1) is 0 Å². The number of likely N-dealkylation sites (tertiary alicyclic amines) is 1. The third kappa shape index (κ3) is 1.62. The SMILES string of the molecule is CN1CCC[C@]12CCCS(=O)(=O)C2. The van der Waals surface area contributed by atoms with Gasteiger partial charge in [0.15, 0.2) is 9.84 Å². The molecule has 0 N–H and O–H groups in total. The summed E-state index contributed by atoms with van der Waals surface area (Å²) in [4.78, 5) is 2.25. The predicted molar refractivity (Wildman–Crippen MR) is 52.5 cm³/mol. The second-order valence-corrected chi connectivity index (χ2v) is 6.63. The van der Waals surface area contributed by atoms with E-state index in [-0.39, 0.29) is 5.54 Å². The minimum Gasteiger partial charge on any atom is -0.300 e. The highest BCUT2D eigenvalue weighted by molar-refractivity contribution is 7.91. The van der Waals surface area contributed by atoms with Crippen LogP contribution < -0.4 is 0 Å². The van der Waals surface area contributed by atoms with Crippen LogP contribution in [-0.2, 0) is 9.84 Å². The molecule has 4 heteroatoms. The lowest BCUT2D eigenvalue weighted by atomic mass is 9.93. The second-order valence-electron chi connectivity index (χ2n) is 4.45. The fourth-order valence-electron chi connectivity index (χ4n) is 2.75. The lowest BCUT2D eigenvalue weighted by Gasteiger charge is -2.39. The Morgan fingerprint density at radius 2 is 1.92 bits per heavy atom. The van der Waals surface area contributed by atoms with Crippen molar-refractivity contribution in [2.45, 2.75) is 31.2 Å². The van der Waals surface area contributed by atoms with Crippen molar-refractivity contribution in [2.75, 3.05) is 25.1 Å². The highest BCUT2D eigenvalue weighted by Crippen LogP contribution is 2.36. The van der Waals surface area contributed by atoms with Crippen molar-refractivity contribution in [1.29, 1.82) is 0 Å². The average Bonchev–Trinajstić information content (AvgIpc) is 2.31. The van der Waals surface area contributed by atoms with Crippen molar-refractivity contribution >= 4 is 9.84 Å². The number of nitrogens with zero attached hydrogens (tertiary/aromatic N) is 1. The molecule has 2 aliphatic heterocycles. The van der Waals surface area contributed by atoms with Crippen LogP contribution in [0.1, 0.15) is 25.7 Å². The first-order valence-electron chi connectivity index (χ1n) is 4.96. The summed E-state index contributed by atoms with van der Waals surface area (Å²) < 4.78 is 23.1. The summed E-state index contributed by atoms with van der Waals surface area (Å²) in [5.74, 6) is 0.805. The summed E-state index contributed by atoms with van der Waals surface area (Å²) in [6.07, 6.45) is 4.16. The number of sulfone groups is 1. The third-order valence-electron chi connectivity index (χ3n) is 3.53. The van der Waals surface area contributed by atoms with Crippen LogP contribution in [0.4, 0.5) is 0 Å². The van der Waals surface area contributed by atoms with Crippen molar-refractivity contribution in [1.82, 2.24) is 4.90 Å². The van der Waals surface area contributed by atoms with E-state index in [1.807, 2.05) is 0 Å². The number of hydrogen-bond acceptors (Lipinski definition) is 3. The standard InChI is InChI=1S/C9H17NO2S/c1-10-6-2-4-9(10)5-3-7-13(11,12)8-9/h2-8H2,1H3/t9-/m1/s1. The Hall–Kier alpha value is -0.0900. The minimum atomic E-state index is -2.75. The zero-order valence-electron chi connectivity index (χ0n) is 8.12. The Kier molecular flexibility index (Phi) is 2.15. The Morgan fingerprint density at radius 1 is 1.23 bits per heavy atom. The van der Waals surface area contributed by atoms with E-state index in [9.17, 15) is 8.42 Å². The van der Waals surface area contributed by atoms with Crippen molar-refractivity contribution in [3.05, 3.63) is 0 Å². The molecule has 0 aromatic carbocycles. The third-order valence-corrected chi connectivity index (χ3v) is 5.42. The largest absolute Gasteiger partial charge is 0.300 e. The molecule has 0 aromatic heterocycles. The normalized spacial score (nSPS) is 39.8. The van der Waals surface area contributed by atoms with Crippen molar-refractivity contribution in [2.24, 2.45) is 0 Å². The summed E-state index contributed by atoms with van der Waals surface area (Å²) in [5.41, 5.74) is 0.0110. The second kappa shape index (κ2) is 2.95. The van der Waals surface area contributed by atoms with E-state index in [0.717, 1.165) is 32.2 Å². The fourth-order valence-corrected chi connectivity index (χ4v) is 4.80. The molecule has 0 radical (unpaired) electrons. The van der Waals surface area contributed by atoms with Crippen LogP contribution in [0.5, 0.6) is 0 Å². The van der Waals surface area contributed by atoms with Gasteiger partial charge in [-0.05, 0) is 39.3 Å². The van der Waals surface area contributed by atoms with Gasteiger partial charge in [0.25, 0.3) is 0 Å². The molecule has 0 aliphatic carbocycles. The Balaban J connectivity index is 2.23. The highest BCUT2D eigenvalue weighted by atomic mass is 32.2. The topological polar surface area (TPSA) is 37.4 Å². The van der Waals surface area contributed by atoms with Crippen molar-refractivity contribution in [3.63, 3.8) is 0 Å². The molecule has 0 unspecified atom stereocenters. The molecule has 0 amide bonds. The van der Waals surface area contributed by atoms with Gasteiger partial charge < -0.3 is 0 Å². The Morgan fingerprint density at radius 3 is 2.46 bits per heavy atom. The van der Waals surface area contributed by atoms with Crippen LogP contribution in [0.25, 0.3) is 0 Å². The maximum absolute atomic E-state index is 11.5. The summed E-state index contributed by atoms with van der Waals surface area (Å²) in [7, 11) is -0.686. The Bertz CT molecular complexity index is 299. The van der Waals surface area contributed by atoms with E-state index in [4.69, 9.17) is 0 Å². The van der Waals surface area contributed by atoms with E-state index in [2.05, 4.69) is 11.9 Å². The molecular weight excluding hydrogens is 186 g/mol. The molecule has 13 heavy (non-hydrogen) atoms. The minimum absolute atomic E-state index is 0.0110. The van der Waals surface area contributed by atoms with Crippen LogP contribution in [0, 0.1) is 0 Å². The van der Waals surface area contributed by atoms with E-state index in [0.29, 0.717) is 11.5 Å². The van der Waals surface area contributed by atoms with E-state index in [1.54, 1.807) is 0 Å². The molecule has 2 rings (SSSR count). The first kappa shape index (κ1) is 9.46. The smallest absolute Gasteiger partial charge is 0.152 e. The zero-order valence-corrected chi connectivity index (χ0v) is 8.94. The molecule has 2 heterocycles. The van der Waals surface area contributed by atoms with Crippen LogP contribution in [0.3, 0.4) is 0 Å². The van der Waals surface area contributed by atoms with Crippen LogP contribution in [0.15, 0.2) is 0 Å². The molecule has 2 fully saturated rings. The monoisotopic (exact) mass is 203 g/mol. The maximum atomic E-state index is 11.5. The van der Waals surface area contributed by atoms with Gasteiger partial charge in [-0.25, -0.2) is 8.42 Å². The molecule has 0 bridgehead atoms. The van der Waals surface area contributed by atoms with Gasteiger partial charge in [-0.1, -0.05) is 0 Å². The first-order valence-corrected chi connectivity index (χ1v) is 6.78. The molecule has 3 nitrogen and oxygen atoms in total. The van der Waals surface area contributed by atoms with Gasteiger partial charge in [-0.3, -0.25) is 4.90 Å². The summed E-state index contributed by atoms with van der Waals surface area (Å²) in [6, 6.07) is 0. The fraction of sp³-hybridized carbons (Fsp3) is 1.00. The van der Waals surface area contributed by atoms with Gasteiger partial charge in [0.1, 0.15) is 0 Å². The highest BCUT2D eigenvalue weighted by Gasteiger charge is 2.44. The maximum Gasteiger partial charge on any atom is 0.152 e. The number of rotatable bonds is 0. The quantitative estimate of drug-likeness (QED) is 0.580. The summed E-state index contributed by atoms with van der Waals surface area (Å²) in [5, 5.41) is 0. The summed E-state index contributed by atoms with van der Waals surface area (Å²) in [6.45, 7) is 1.06. The van der Waals surface area contributed by atoms with Crippen LogP contribution in [0.2, 0.25) is 0 Å². The zero-order chi connectivity index (χ0) is 9.53. The van der Waals surface area contributed by atoms with Crippen molar-refractivity contribution < 1.29 is 8.42 Å². The van der Waals surface area contributed by atoms with E-state index >= 15 is 0 Å². The molecule has 2 aliphatic rings. The van der Waals surface area contributed by atoms with E-state index < -0.39 is 9.84 Å². The van der Waals surface area contributed by atoms with Gasteiger partial charge in [0, 0.05) is 5.54 Å².